The molecule has 1 saturated carbocycles. The molecule has 2 unspecified atom stereocenters. The number of primary amides is 1. The van der Waals surface area contributed by atoms with E-state index in [-0.39, 0.29) is 24.3 Å². The number of carbonyl (C=O) groups excluding carboxylic acids is 2. The Labute approximate surface area is 156 Å². The highest BCUT2D eigenvalue weighted by molar-refractivity contribution is 5.94. The number of rotatable bonds is 5. The summed E-state index contributed by atoms with van der Waals surface area (Å²) in [6, 6.07) is 10.8. The van der Waals surface area contributed by atoms with Gasteiger partial charge in [0.1, 0.15) is 0 Å². The first-order valence-electron chi connectivity index (χ1n) is 9.05. The fraction of sp³-hybridized carbons (Fsp3) is 0.333. The van der Waals surface area contributed by atoms with E-state index >= 15 is 0 Å². The summed E-state index contributed by atoms with van der Waals surface area (Å²) < 4.78 is 26.6. The van der Waals surface area contributed by atoms with Crippen LogP contribution in [0.15, 0.2) is 42.5 Å². The van der Waals surface area contributed by atoms with Gasteiger partial charge in [-0.25, -0.2) is 8.78 Å². The summed E-state index contributed by atoms with van der Waals surface area (Å²) in [5.74, 6) is -2.19. The van der Waals surface area contributed by atoms with Crippen LogP contribution in [0.1, 0.15) is 53.1 Å². The first-order chi connectivity index (χ1) is 12.9. The number of carbonyl (C=O) groups is 2. The molecule has 0 radical (unpaired) electrons. The van der Waals surface area contributed by atoms with Crippen molar-refractivity contribution in [3.05, 3.63) is 70.8 Å². The molecule has 2 aromatic rings. The molecule has 0 heterocycles. The van der Waals surface area contributed by atoms with Crippen LogP contribution in [0.5, 0.6) is 0 Å². The standard InChI is InChI=1S/C21H22F2N2O2/c22-18-9-8-16(12-19(18)23)15-2-1-3-17(11-15)25-21(27)14-6-4-13(5-7-14)10-20(24)26/h4-9,12,15,17H,1-3,10-11H2,(H2,24,26)(H,25,27). The molecule has 0 aliphatic heterocycles. The molecule has 6 heteroatoms. The normalized spacial score (nSPS) is 19.5. The topological polar surface area (TPSA) is 72.2 Å². The molecule has 1 aliphatic rings. The molecule has 0 spiro atoms. The van der Waals surface area contributed by atoms with E-state index in [1.165, 1.54) is 6.07 Å². The van der Waals surface area contributed by atoms with Gasteiger partial charge in [0, 0.05) is 11.6 Å². The number of halogens is 2. The van der Waals surface area contributed by atoms with E-state index in [4.69, 9.17) is 5.73 Å². The fourth-order valence-corrected chi connectivity index (χ4v) is 3.63. The van der Waals surface area contributed by atoms with Crippen LogP contribution >= 0.6 is 0 Å². The number of hydrogen-bond donors (Lipinski definition) is 2. The first kappa shape index (κ1) is 19.0. The van der Waals surface area contributed by atoms with Gasteiger partial charge in [-0.05, 0) is 60.6 Å². The third-order valence-electron chi connectivity index (χ3n) is 5.02. The maximum Gasteiger partial charge on any atom is 0.251 e. The van der Waals surface area contributed by atoms with E-state index < -0.39 is 17.5 Å². The lowest BCUT2D eigenvalue weighted by Crippen LogP contribution is -2.38. The van der Waals surface area contributed by atoms with Crippen LogP contribution in [0.25, 0.3) is 0 Å². The summed E-state index contributed by atoms with van der Waals surface area (Å²) >= 11 is 0. The second kappa shape index (κ2) is 8.29. The van der Waals surface area contributed by atoms with Crippen LogP contribution in [-0.4, -0.2) is 17.9 Å². The maximum absolute atomic E-state index is 13.5. The van der Waals surface area contributed by atoms with E-state index in [1.807, 2.05) is 0 Å². The molecule has 142 valence electrons. The van der Waals surface area contributed by atoms with Gasteiger partial charge in [0.2, 0.25) is 5.91 Å². The summed E-state index contributed by atoms with van der Waals surface area (Å²) in [7, 11) is 0. The zero-order valence-electron chi connectivity index (χ0n) is 14.9. The van der Waals surface area contributed by atoms with Gasteiger partial charge in [-0.1, -0.05) is 24.6 Å². The van der Waals surface area contributed by atoms with Gasteiger partial charge in [0.25, 0.3) is 5.91 Å². The highest BCUT2D eigenvalue weighted by Crippen LogP contribution is 2.33. The molecule has 4 nitrogen and oxygen atoms in total. The lowest BCUT2D eigenvalue weighted by atomic mass is 9.81. The van der Waals surface area contributed by atoms with E-state index in [2.05, 4.69) is 5.32 Å². The third-order valence-corrected chi connectivity index (χ3v) is 5.02. The molecule has 0 saturated heterocycles. The average molecular weight is 372 g/mol. The Hall–Kier alpha value is -2.76. The quantitative estimate of drug-likeness (QED) is 0.844. The van der Waals surface area contributed by atoms with Gasteiger partial charge in [-0.15, -0.1) is 0 Å². The van der Waals surface area contributed by atoms with Crippen molar-refractivity contribution < 1.29 is 18.4 Å². The molecule has 2 aromatic carbocycles. The van der Waals surface area contributed by atoms with Gasteiger partial charge in [0.05, 0.1) is 6.42 Å². The van der Waals surface area contributed by atoms with Crippen molar-refractivity contribution in [2.45, 2.75) is 44.1 Å². The van der Waals surface area contributed by atoms with Crippen LogP contribution in [0.3, 0.4) is 0 Å². The number of amides is 2. The summed E-state index contributed by atoms with van der Waals surface area (Å²) in [6.07, 6.45) is 3.48. The molecule has 27 heavy (non-hydrogen) atoms. The summed E-state index contributed by atoms with van der Waals surface area (Å²) in [5.41, 5.74) is 7.20. The Balaban J connectivity index is 1.62. The highest BCUT2D eigenvalue weighted by atomic mass is 19.2. The largest absolute Gasteiger partial charge is 0.369 e. The minimum Gasteiger partial charge on any atom is -0.369 e. The zero-order chi connectivity index (χ0) is 19.4. The summed E-state index contributed by atoms with van der Waals surface area (Å²) in [6.45, 7) is 0. The van der Waals surface area contributed by atoms with Gasteiger partial charge >= 0.3 is 0 Å². The molecule has 1 fully saturated rings. The van der Waals surface area contributed by atoms with Gasteiger partial charge in [-0.3, -0.25) is 9.59 Å². The summed E-state index contributed by atoms with van der Waals surface area (Å²) in [5, 5.41) is 3.02. The Kier molecular flexibility index (Phi) is 5.84. The van der Waals surface area contributed by atoms with Crippen molar-refractivity contribution in [2.24, 2.45) is 5.73 Å². The average Bonchev–Trinajstić information content (AvgIpc) is 2.64. The molecule has 3 rings (SSSR count). The van der Waals surface area contributed by atoms with E-state index in [9.17, 15) is 18.4 Å². The number of nitrogens with two attached hydrogens (primary N) is 1. The van der Waals surface area contributed by atoms with E-state index in [1.54, 1.807) is 30.3 Å². The second-order valence-corrected chi connectivity index (χ2v) is 7.05. The molecule has 3 N–H and O–H groups in total. The van der Waals surface area contributed by atoms with Crippen molar-refractivity contribution in [3.8, 4) is 0 Å². The third kappa shape index (κ3) is 4.90. The number of hydrogen-bond acceptors (Lipinski definition) is 2. The Morgan fingerprint density at radius 1 is 1.04 bits per heavy atom. The number of nitrogens with one attached hydrogen (secondary N) is 1. The van der Waals surface area contributed by atoms with Crippen LogP contribution in [0.4, 0.5) is 8.78 Å². The van der Waals surface area contributed by atoms with Crippen LogP contribution < -0.4 is 11.1 Å². The molecule has 0 bridgehead atoms. The van der Waals surface area contributed by atoms with Crippen molar-refractivity contribution in [3.63, 3.8) is 0 Å². The Morgan fingerprint density at radius 3 is 2.44 bits per heavy atom. The minimum atomic E-state index is -0.848. The molecular weight excluding hydrogens is 350 g/mol. The SMILES string of the molecule is NC(=O)Cc1ccc(C(=O)NC2CCCC(c3ccc(F)c(F)c3)C2)cc1. The lowest BCUT2D eigenvalue weighted by molar-refractivity contribution is -0.117. The fourth-order valence-electron chi connectivity index (χ4n) is 3.63. The van der Waals surface area contributed by atoms with Gasteiger partial charge in [-0.2, -0.15) is 0 Å². The monoisotopic (exact) mass is 372 g/mol. The maximum atomic E-state index is 13.5. The number of benzene rings is 2. The Morgan fingerprint density at radius 2 is 1.78 bits per heavy atom. The highest BCUT2D eigenvalue weighted by Gasteiger charge is 2.25. The van der Waals surface area contributed by atoms with Crippen LogP contribution in [-0.2, 0) is 11.2 Å². The molecule has 1 aliphatic carbocycles. The summed E-state index contributed by atoms with van der Waals surface area (Å²) in [4.78, 5) is 23.4. The molecular formula is C21H22F2N2O2. The molecule has 0 aromatic heterocycles. The smallest absolute Gasteiger partial charge is 0.251 e. The minimum absolute atomic E-state index is 0.0188. The van der Waals surface area contributed by atoms with Gasteiger partial charge < -0.3 is 11.1 Å². The first-order valence-corrected chi connectivity index (χ1v) is 9.05. The molecule has 2 amide bonds. The second-order valence-electron chi connectivity index (χ2n) is 7.05. The van der Waals surface area contributed by atoms with Gasteiger partial charge in [0.15, 0.2) is 11.6 Å². The lowest BCUT2D eigenvalue weighted by Gasteiger charge is -2.30. The van der Waals surface area contributed by atoms with Crippen LogP contribution in [0.2, 0.25) is 0 Å². The predicted molar refractivity (Wildman–Crippen MR) is 98.2 cm³/mol. The van der Waals surface area contributed by atoms with Crippen LogP contribution in [0, 0.1) is 11.6 Å². The Bertz CT molecular complexity index is 837. The van der Waals surface area contributed by atoms with Crippen molar-refractivity contribution in [1.29, 1.82) is 0 Å². The van der Waals surface area contributed by atoms with Crippen molar-refractivity contribution in [2.75, 3.05) is 0 Å². The van der Waals surface area contributed by atoms with E-state index in [0.29, 0.717) is 12.0 Å². The van der Waals surface area contributed by atoms with E-state index in [0.717, 1.165) is 36.5 Å². The molecule has 2 atom stereocenters. The van der Waals surface area contributed by atoms with Crippen molar-refractivity contribution in [1.82, 2.24) is 5.32 Å². The van der Waals surface area contributed by atoms with Crippen molar-refractivity contribution >= 4 is 11.8 Å². The zero-order valence-corrected chi connectivity index (χ0v) is 14.9. The predicted octanol–water partition coefficient (Wildman–Crippen LogP) is 3.45.